The van der Waals surface area contributed by atoms with Gasteiger partial charge in [0.2, 0.25) is 0 Å². The van der Waals surface area contributed by atoms with Crippen molar-refractivity contribution in [3.05, 3.63) is 0 Å². The van der Waals surface area contributed by atoms with Crippen LogP contribution in [0.3, 0.4) is 0 Å². The van der Waals surface area contributed by atoms with Gasteiger partial charge in [-0.2, -0.15) is 0 Å². The van der Waals surface area contributed by atoms with E-state index in [1.165, 1.54) is 19.3 Å². The first-order valence-corrected chi connectivity index (χ1v) is 19.2. The van der Waals surface area contributed by atoms with Crippen LogP contribution in [-0.2, 0) is 36.8 Å². The molecule has 0 radical (unpaired) electrons. The first-order valence-electron chi connectivity index (χ1n) is 15.8. The number of hydrogen-bond acceptors (Lipinski definition) is 11. The van der Waals surface area contributed by atoms with E-state index in [2.05, 4.69) is 14.7 Å². The van der Waals surface area contributed by atoms with E-state index in [-0.39, 0.29) is 30.7 Å². The second-order valence-electron chi connectivity index (χ2n) is 12.3. The average molecular weight is 622 g/mol. The highest BCUT2D eigenvalue weighted by atomic mass is 31.2. The SMILES string of the molecule is CCOP(=O)(CN1CCN(CC(=O)OC23CC4CC(CC(C4)C2)C3)CCN(CP(=O)(OCC)OCC)CC1)OCC. The monoisotopic (exact) mass is 621 g/mol. The Balaban J connectivity index is 1.44. The summed E-state index contributed by atoms with van der Waals surface area (Å²) in [4.78, 5) is 19.6. The summed E-state index contributed by atoms with van der Waals surface area (Å²) in [6.07, 6.45) is 7.26. The van der Waals surface area contributed by atoms with Gasteiger partial charge in [0.05, 0.1) is 33.0 Å². The molecule has 5 aliphatic rings. The van der Waals surface area contributed by atoms with Gasteiger partial charge in [0.1, 0.15) is 18.2 Å². The summed E-state index contributed by atoms with van der Waals surface area (Å²) in [6.45, 7) is 12.2. The van der Waals surface area contributed by atoms with E-state index >= 15 is 0 Å². The predicted octanol–water partition coefficient (Wildman–Crippen LogP) is 4.87. The molecule has 0 aromatic rings. The zero-order valence-electron chi connectivity index (χ0n) is 25.7. The van der Waals surface area contributed by atoms with Gasteiger partial charge in [-0.15, -0.1) is 0 Å². The van der Waals surface area contributed by atoms with Gasteiger partial charge in [-0.25, -0.2) is 0 Å². The number of nitrogens with zero attached hydrogens (tertiary/aromatic N) is 3. The number of hydrogen-bond donors (Lipinski definition) is 0. The van der Waals surface area contributed by atoms with E-state index in [4.69, 9.17) is 22.8 Å². The zero-order chi connectivity index (χ0) is 29.5. The number of ether oxygens (including phenoxy) is 1. The summed E-state index contributed by atoms with van der Waals surface area (Å²) in [5.41, 5.74) is -0.271. The third kappa shape index (κ3) is 9.57. The van der Waals surface area contributed by atoms with Crippen LogP contribution in [0.1, 0.15) is 66.2 Å². The van der Waals surface area contributed by atoms with E-state index in [0.717, 1.165) is 19.3 Å². The Morgan fingerprint density at radius 3 is 1.32 bits per heavy atom. The molecule has 0 aromatic carbocycles. The molecule has 0 N–H and O–H groups in total. The summed E-state index contributed by atoms with van der Waals surface area (Å²) < 4.78 is 55.4. The predicted molar refractivity (Wildman–Crippen MR) is 158 cm³/mol. The highest BCUT2D eigenvalue weighted by Gasteiger charge is 2.53. The van der Waals surface area contributed by atoms with Gasteiger partial charge in [-0.1, -0.05) is 0 Å². The minimum absolute atomic E-state index is 0.155. The van der Waals surface area contributed by atoms with E-state index in [9.17, 15) is 13.9 Å². The van der Waals surface area contributed by atoms with Gasteiger partial charge in [0, 0.05) is 39.3 Å². The fourth-order valence-corrected chi connectivity index (χ4v) is 11.3. The Labute approximate surface area is 247 Å². The molecular weight excluding hydrogens is 568 g/mol. The lowest BCUT2D eigenvalue weighted by molar-refractivity contribution is -0.187. The number of carbonyl (C=O) groups excluding carboxylic acids is 1. The van der Waals surface area contributed by atoms with Crippen molar-refractivity contribution in [3.63, 3.8) is 0 Å². The lowest BCUT2D eigenvalue weighted by atomic mass is 9.54. The maximum Gasteiger partial charge on any atom is 0.344 e. The molecule has 0 amide bonds. The first-order chi connectivity index (χ1) is 19.6. The summed E-state index contributed by atoms with van der Waals surface area (Å²) in [5, 5.41) is 0. The van der Waals surface area contributed by atoms with Crippen LogP contribution < -0.4 is 0 Å². The minimum Gasteiger partial charge on any atom is -0.458 e. The van der Waals surface area contributed by atoms with Crippen molar-refractivity contribution >= 4 is 21.2 Å². The summed E-state index contributed by atoms with van der Waals surface area (Å²) >= 11 is 0. The highest BCUT2D eigenvalue weighted by molar-refractivity contribution is 7.54. The topological polar surface area (TPSA) is 107 Å². The maximum absolute atomic E-state index is 13.4. The molecule has 4 aliphatic carbocycles. The Morgan fingerprint density at radius 1 is 0.634 bits per heavy atom. The number of rotatable bonds is 15. The molecule has 0 spiro atoms. The molecule has 41 heavy (non-hydrogen) atoms. The maximum atomic E-state index is 13.4. The smallest absolute Gasteiger partial charge is 0.344 e. The van der Waals surface area contributed by atoms with E-state index < -0.39 is 15.2 Å². The fourth-order valence-electron chi connectivity index (χ4n) is 7.75. The van der Waals surface area contributed by atoms with Crippen molar-refractivity contribution in [2.24, 2.45) is 17.8 Å². The van der Waals surface area contributed by atoms with Crippen molar-refractivity contribution in [3.8, 4) is 0 Å². The molecule has 238 valence electrons. The van der Waals surface area contributed by atoms with E-state index in [1.807, 2.05) is 27.7 Å². The van der Waals surface area contributed by atoms with Crippen molar-refractivity contribution in [1.82, 2.24) is 14.7 Å². The summed E-state index contributed by atoms with van der Waals surface area (Å²) in [5.74, 6) is 1.96. The molecule has 5 fully saturated rings. The van der Waals surface area contributed by atoms with Gasteiger partial charge in [-0.05, 0) is 84.0 Å². The zero-order valence-corrected chi connectivity index (χ0v) is 27.5. The Hall–Kier alpha value is -0.350. The van der Waals surface area contributed by atoms with Gasteiger partial charge in [-0.3, -0.25) is 28.6 Å². The Morgan fingerprint density at radius 2 is 0.976 bits per heavy atom. The largest absolute Gasteiger partial charge is 0.458 e. The molecule has 13 heteroatoms. The second kappa shape index (κ2) is 15.1. The van der Waals surface area contributed by atoms with Crippen LogP contribution in [0.5, 0.6) is 0 Å². The molecule has 5 rings (SSSR count). The van der Waals surface area contributed by atoms with E-state index in [1.54, 1.807) is 0 Å². The van der Waals surface area contributed by atoms with Crippen molar-refractivity contribution in [2.75, 3.05) is 84.8 Å². The summed E-state index contributed by atoms with van der Waals surface area (Å²) in [7, 11) is -6.62. The van der Waals surface area contributed by atoms with Gasteiger partial charge in [0.15, 0.2) is 0 Å². The lowest BCUT2D eigenvalue weighted by Gasteiger charge is -2.55. The third-order valence-corrected chi connectivity index (χ3v) is 13.0. The molecule has 11 nitrogen and oxygen atoms in total. The first kappa shape index (κ1) is 33.5. The van der Waals surface area contributed by atoms with Crippen LogP contribution in [0.25, 0.3) is 0 Å². The van der Waals surface area contributed by atoms with Gasteiger partial charge >= 0.3 is 21.2 Å². The fraction of sp³-hybridized carbons (Fsp3) is 0.964. The lowest BCUT2D eigenvalue weighted by Crippen LogP contribution is -2.53. The van der Waals surface area contributed by atoms with Gasteiger partial charge < -0.3 is 22.8 Å². The molecule has 1 saturated heterocycles. The molecule has 4 saturated carbocycles. The number of carbonyl (C=O) groups is 1. The van der Waals surface area contributed by atoms with Crippen molar-refractivity contribution < 1.29 is 36.8 Å². The van der Waals surface area contributed by atoms with E-state index in [0.29, 0.717) is 83.4 Å². The molecule has 0 aromatic heterocycles. The average Bonchev–Trinajstić information content (AvgIpc) is 2.95. The van der Waals surface area contributed by atoms with Crippen LogP contribution in [0, 0.1) is 17.8 Å². The molecule has 0 atom stereocenters. The third-order valence-electron chi connectivity index (χ3n) is 8.91. The second-order valence-corrected chi connectivity index (χ2v) is 16.3. The van der Waals surface area contributed by atoms with Crippen LogP contribution >= 0.6 is 15.2 Å². The minimum atomic E-state index is -3.31. The molecular formula is C28H53N3O8P2. The normalized spacial score (nSPS) is 30.2. The van der Waals surface area contributed by atoms with Crippen LogP contribution in [0.2, 0.25) is 0 Å². The highest BCUT2D eigenvalue weighted by Crippen LogP contribution is 2.57. The van der Waals surface area contributed by atoms with Crippen LogP contribution in [0.15, 0.2) is 0 Å². The standard InChI is InChI=1S/C28H53N3O8P2/c1-5-35-40(33,36-6-2)22-30-11-9-29(10-12-31(14-13-30)23-41(34,37-7-3)38-8-4)21-27(32)39-28-18-24-15-25(19-28)17-26(16-24)20-28/h24-26H,5-23H2,1-4H3. The molecule has 1 heterocycles. The Kier molecular flexibility index (Phi) is 12.3. The molecule has 4 bridgehead atoms. The Bertz CT molecular complexity index is 854. The number of esters is 1. The van der Waals surface area contributed by atoms with Crippen molar-refractivity contribution in [2.45, 2.75) is 71.8 Å². The quantitative estimate of drug-likeness (QED) is 0.185. The summed E-state index contributed by atoms with van der Waals surface area (Å²) in [6, 6.07) is 0. The van der Waals surface area contributed by atoms with Gasteiger partial charge in [0.25, 0.3) is 0 Å². The molecule has 1 aliphatic heterocycles. The van der Waals surface area contributed by atoms with Crippen molar-refractivity contribution in [1.29, 1.82) is 0 Å². The van der Waals surface area contributed by atoms with Crippen LogP contribution in [0.4, 0.5) is 0 Å². The van der Waals surface area contributed by atoms with Crippen LogP contribution in [-0.4, -0.2) is 111 Å². The molecule has 0 unspecified atom stereocenters.